The highest BCUT2D eigenvalue weighted by molar-refractivity contribution is 5.70. The van der Waals surface area contributed by atoms with Gasteiger partial charge in [-0.3, -0.25) is 5.21 Å². The molecule has 1 aliphatic carbocycles. The van der Waals surface area contributed by atoms with Crippen molar-refractivity contribution in [1.29, 1.82) is 0 Å². The number of benzene rings is 1. The lowest BCUT2D eigenvalue weighted by Crippen LogP contribution is -2.33. The fraction of sp³-hybridized carbons (Fsp3) is 0.294. The van der Waals surface area contributed by atoms with E-state index in [9.17, 15) is 10.0 Å². The van der Waals surface area contributed by atoms with Gasteiger partial charge in [0.05, 0.1) is 6.54 Å². The third-order valence-corrected chi connectivity index (χ3v) is 4.04. The summed E-state index contributed by atoms with van der Waals surface area (Å²) in [5.74, 6) is 2.21. The fourth-order valence-electron chi connectivity index (χ4n) is 2.71. The Labute approximate surface area is 134 Å². The number of aromatic nitrogens is 1. The molecule has 1 fully saturated rings. The first-order chi connectivity index (χ1) is 11.1. The maximum atomic E-state index is 10.8. The maximum absolute atomic E-state index is 10.8. The Kier molecular flexibility index (Phi) is 4.43. The minimum absolute atomic E-state index is 0.265. The highest BCUT2D eigenvalue weighted by atomic mass is 16.5. The number of carbonyl (C=O) groups is 1. The molecule has 0 aliphatic heterocycles. The Balaban J connectivity index is 1.58. The predicted octanol–water partition coefficient (Wildman–Crippen LogP) is 3.14. The van der Waals surface area contributed by atoms with E-state index < -0.39 is 6.03 Å². The van der Waals surface area contributed by atoms with Crippen molar-refractivity contribution in [2.45, 2.75) is 18.8 Å². The first kappa shape index (κ1) is 15.3. The number of nitrogens with two attached hydrogens (primary N) is 1. The molecule has 0 saturated heterocycles. The Hall–Kier alpha value is -2.60. The molecule has 1 aromatic carbocycles. The molecule has 2 atom stereocenters. The zero-order valence-corrected chi connectivity index (χ0v) is 12.6. The molecule has 6 heteroatoms. The van der Waals surface area contributed by atoms with Gasteiger partial charge in [0.15, 0.2) is 0 Å². The minimum atomic E-state index is -0.812. The average Bonchev–Trinajstić information content (AvgIpc) is 3.33. The summed E-state index contributed by atoms with van der Waals surface area (Å²) in [7, 11) is 0. The van der Waals surface area contributed by atoms with Crippen molar-refractivity contribution in [2.24, 2.45) is 11.7 Å². The van der Waals surface area contributed by atoms with Gasteiger partial charge in [-0.2, -0.15) is 0 Å². The second kappa shape index (κ2) is 6.66. The quantitative estimate of drug-likeness (QED) is 0.633. The Bertz CT molecular complexity index is 678. The van der Waals surface area contributed by atoms with Gasteiger partial charge in [-0.05, 0) is 48.4 Å². The second-order valence-corrected chi connectivity index (χ2v) is 5.69. The van der Waals surface area contributed by atoms with Crippen LogP contribution in [0.1, 0.15) is 24.3 Å². The molecule has 23 heavy (non-hydrogen) atoms. The summed E-state index contributed by atoms with van der Waals surface area (Å²) in [5.41, 5.74) is 6.20. The SMILES string of the molecule is NC(=O)N(O)CCC1CC1c1cccc(Oc2ccccn2)c1. The van der Waals surface area contributed by atoms with E-state index in [1.807, 2.05) is 36.4 Å². The van der Waals surface area contributed by atoms with Crippen molar-refractivity contribution in [2.75, 3.05) is 6.54 Å². The van der Waals surface area contributed by atoms with Gasteiger partial charge in [0.2, 0.25) is 5.88 Å². The minimum Gasteiger partial charge on any atom is -0.439 e. The summed E-state index contributed by atoms with van der Waals surface area (Å²) in [6.07, 6.45) is 3.46. The van der Waals surface area contributed by atoms with Gasteiger partial charge < -0.3 is 10.5 Å². The van der Waals surface area contributed by atoms with Crippen LogP contribution in [0.15, 0.2) is 48.7 Å². The predicted molar refractivity (Wildman–Crippen MR) is 84.3 cm³/mol. The van der Waals surface area contributed by atoms with E-state index in [0.717, 1.165) is 18.6 Å². The lowest BCUT2D eigenvalue weighted by molar-refractivity contribution is -0.0410. The lowest BCUT2D eigenvalue weighted by Gasteiger charge is -2.11. The third-order valence-electron chi connectivity index (χ3n) is 4.04. The van der Waals surface area contributed by atoms with E-state index in [2.05, 4.69) is 11.1 Å². The summed E-state index contributed by atoms with van der Waals surface area (Å²) in [5, 5.41) is 9.87. The number of hydrogen-bond donors (Lipinski definition) is 2. The van der Waals surface area contributed by atoms with E-state index in [1.165, 1.54) is 5.56 Å². The number of carbonyl (C=O) groups excluding carboxylic acids is 1. The molecule has 1 saturated carbocycles. The number of pyridine rings is 1. The molecule has 120 valence electrons. The van der Waals surface area contributed by atoms with Gasteiger partial charge in [-0.25, -0.2) is 14.8 Å². The molecular weight excluding hydrogens is 294 g/mol. The molecule has 1 aromatic heterocycles. The van der Waals surface area contributed by atoms with Crippen LogP contribution in [0.3, 0.4) is 0 Å². The number of rotatable bonds is 6. The van der Waals surface area contributed by atoms with E-state index >= 15 is 0 Å². The van der Waals surface area contributed by atoms with E-state index in [4.69, 9.17) is 10.5 Å². The lowest BCUT2D eigenvalue weighted by atomic mass is 10.1. The molecule has 6 nitrogen and oxygen atoms in total. The summed E-state index contributed by atoms with van der Waals surface area (Å²) >= 11 is 0. The van der Waals surface area contributed by atoms with Gasteiger partial charge in [-0.1, -0.05) is 18.2 Å². The van der Waals surface area contributed by atoms with Crippen molar-refractivity contribution in [3.05, 3.63) is 54.2 Å². The smallest absolute Gasteiger partial charge is 0.338 e. The number of amides is 2. The van der Waals surface area contributed by atoms with Crippen LogP contribution in [0.4, 0.5) is 4.79 Å². The Morgan fingerprint density at radius 3 is 2.96 bits per heavy atom. The van der Waals surface area contributed by atoms with E-state index in [-0.39, 0.29) is 6.54 Å². The Morgan fingerprint density at radius 2 is 2.22 bits per heavy atom. The maximum Gasteiger partial charge on any atom is 0.338 e. The number of hydroxylamine groups is 2. The highest BCUT2D eigenvalue weighted by Crippen LogP contribution is 2.50. The third kappa shape index (κ3) is 3.98. The molecule has 3 N–H and O–H groups in total. The van der Waals surface area contributed by atoms with Crippen LogP contribution in [0.25, 0.3) is 0 Å². The van der Waals surface area contributed by atoms with Crippen LogP contribution < -0.4 is 10.5 Å². The molecule has 0 radical (unpaired) electrons. The highest BCUT2D eigenvalue weighted by Gasteiger charge is 2.38. The van der Waals surface area contributed by atoms with Crippen molar-refractivity contribution in [1.82, 2.24) is 10.0 Å². The number of hydrogen-bond acceptors (Lipinski definition) is 4. The molecule has 0 bridgehead atoms. The number of primary amides is 1. The fourth-order valence-corrected chi connectivity index (χ4v) is 2.71. The summed E-state index contributed by atoms with van der Waals surface area (Å²) in [6.45, 7) is 0.265. The van der Waals surface area contributed by atoms with Crippen molar-refractivity contribution in [3.63, 3.8) is 0 Å². The first-order valence-electron chi connectivity index (χ1n) is 7.58. The topological polar surface area (TPSA) is 88.7 Å². The number of urea groups is 1. The summed E-state index contributed by atoms with van der Waals surface area (Å²) < 4.78 is 5.74. The molecule has 2 amide bonds. The molecule has 2 unspecified atom stereocenters. The van der Waals surface area contributed by atoms with Gasteiger partial charge in [0.25, 0.3) is 0 Å². The van der Waals surface area contributed by atoms with Crippen molar-refractivity contribution in [3.8, 4) is 11.6 Å². The van der Waals surface area contributed by atoms with E-state index in [1.54, 1.807) is 6.20 Å². The largest absolute Gasteiger partial charge is 0.439 e. The van der Waals surface area contributed by atoms with Crippen LogP contribution in [0.2, 0.25) is 0 Å². The normalized spacial score (nSPS) is 19.2. The van der Waals surface area contributed by atoms with Gasteiger partial charge in [0, 0.05) is 12.3 Å². The molecule has 0 spiro atoms. The van der Waals surface area contributed by atoms with Crippen molar-refractivity contribution < 1.29 is 14.7 Å². The van der Waals surface area contributed by atoms with Crippen LogP contribution in [0.5, 0.6) is 11.6 Å². The standard InChI is InChI=1S/C17H19N3O3/c18-17(21)20(22)9-7-13-11-15(13)12-4-3-5-14(10-12)23-16-6-1-2-8-19-16/h1-6,8,10,13,15,22H,7,9,11H2,(H2,18,21). The van der Waals surface area contributed by atoms with Crippen molar-refractivity contribution >= 4 is 6.03 Å². The van der Waals surface area contributed by atoms with Gasteiger partial charge in [-0.15, -0.1) is 0 Å². The molecular formula is C17H19N3O3. The zero-order chi connectivity index (χ0) is 16.2. The molecule has 1 heterocycles. The molecule has 2 aromatic rings. The second-order valence-electron chi connectivity index (χ2n) is 5.69. The van der Waals surface area contributed by atoms with Gasteiger partial charge in [0.1, 0.15) is 5.75 Å². The number of ether oxygens (including phenoxy) is 1. The van der Waals surface area contributed by atoms with Gasteiger partial charge >= 0.3 is 6.03 Å². The van der Waals surface area contributed by atoms with E-state index in [0.29, 0.717) is 22.8 Å². The monoisotopic (exact) mass is 313 g/mol. The van der Waals surface area contributed by atoms with Crippen LogP contribution >= 0.6 is 0 Å². The average molecular weight is 313 g/mol. The summed E-state index contributed by atoms with van der Waals surface area (Å²) in [4.78, 5) is 14.9. The molecule has 3 rings (SSSR count). The van der Waals surface area contributed by atoms with Crippen LogP contribution in [-0.2, 0) is 0 Å². The van der Waals surface area contributed by atoms with Crippen LogP contribution in [-0.4, -0.2) is 27.8 Å². The number of nitrogens with zero attached hydrogens (tertiary/aromatic N) is 2. The molecule has 1 aliphatic rings. The first-order valence-corrected chi connectivity index (χ1v) is 7.58. The summed E-state index contributed by atoms with van der Waals surface area (Å²) in [6, 6.07) is 12.7. The van der Waals surface area contributed by atoms with Crippen LogP contribution in [0, 0.1) is 5.92 Å². The zero-order valence-electron chi connectivity index (χ0n) is 12.6. The Morgan fingerprint density at radius 1 is 1.35 bits per heavy atom.